The van der Waals surface area contributed by atoms with Gasteiger partial charge in [-0.1, -0.05) is 19.3 Å². The zero-order chi connectivity index (χ0) is 22.0. The first-order valence-electron chi connectivity index (χ1n) is 10.8. The summed E-state index contributed by atoms with van der Waals surface area (Å²) in [4.78, 5) is 27.1. The number of carboxylic acid groups (broad SMARTS) is 1. The number of pyridine rings is 1. The molecule has 0 saturated heterocycles. The van der Waals surface area contributed by atoms with E-state index < -0.39 is 11.5 Å². The molecule has 2 N–H and O–H groups in total. The molecule has 1 saturated carbocycles. The highest BCUT2D eigenvalue weighted by Gasteiger charge is 2.41. The van der Waals surface area contributed by atoms with Crippen LogP contribution in [0.3, 0.4) is 0 Å². The predicted molar refractivity (Wildman–Crippen MR) is 116 cm³/mol. The third-order valence-electron chi connectivity index (χ3n) is 6.59. The Morgan fingerprint density at radius 2 is 1.87 bits per heavy atom. The molecular formula is C24H29NO6. The second-order valence-electron chi connectivity index (χ2n) is 8.48. The van der Waals surface area contributed by atoms with Gasteiger partial charge in [0, 0.05) is 31.1 Å². The van der Waals surface area contributed by atoms with Crippen molar-refractivity contribution >= 4 is 5.97 Å². The topological polar surface area (TPSA) is 97.9 Å². The van der Waals surface area contributed by atoms with Gasteiger partial charge in [-0.05, 0) is 48.6 Å². The number of aromatic carboxylic acids is 1. The molecule has 2 aromatic rings. The zero-order valence-electron chi connectivity index (χ0n) is 18.1. The van der Waals surface area contributed by atoms with Gasteiger partial charge < -0.3 is 24.3 Å². The second kappa shape index (κ2) is 8.75. The third-order valence-corrected chi connectivity index (χ3v) is 6.59. The molecule has 166 valence electrons. The minimum absolute atomic E-state index is 0.170. The van der Waals surface area contributed by atoms with E-state index in [1.54, 1.807) is 20.3 Å². The second-order valence-corrected chi connectivity index (χ2v) is 8.48. The number of rotatable bonds is 7. The maximum absolute atomic E-state index is 12.5. The van der Waals surface area contributed by atoms with Crippen molar-refractivity contribution in [3.8, 4) is 22.8 Å². The van der Waals surface area contributed by atoms with Gasteiger partial charge in [-0.3, -0.25) is 4.79 Å². The number of aromatic amines is 1. The van der Waals surface area contributed by atoms with Crippen LogP contribution in [0.4, 0.5) is 0 Å². The molecule has 31 heavy (non-hydrogen) atoms. The molecule has 7 heteroatoms. The molecule has 7 nitrogen and oxygen atoms in total. The lowest BCUT2D eigenvalue weighted by atomic mass is 9.62. The summed E-state index contributed by atoms with van der Waals surface area (Å²) >= 11 is 0. The van der Waals surface area contributed by atoms with E-state index in [1.165, 1.54) is 6.42 Å². The molecule has 4 rings (SSSR count). The summed E-state index contributed by atoms with van der Waals surface area (Å²) in [5, 5.41) is 9.52. The number of aromatic nitrogens is 1. The Morgan fingerprint density at radius 1 is 1.10 bits per heavy atom. The molecule has 0 atom stereocenters. The van der Waals surface area contributed by atoms with Crippen molar-refractivity contribution < 1.29 is 24.1 Å². The lowest BCUT2D eigenvalue weighted by Crippen LogP contribution is -2.37. The molecular weight excluding hydrogens is 398 g/mol. The summed E-state index contributed by atoms with van der Waals surface area (Å²) in [6, 6.07) is 5.52. The van der Waals surface area contributed by atoms with Gasteiger partial charge in [0.25, 0.3) is 5.56 Å². The van der Waals surface area contributed by atoms with Crippen LogP contribution >= 0.6 is 0 Å². The average molecular weight is 427 g/mol. The van der Waals surface area contributed by atoms with Crippen LogP contribution in [0.2, 0.25) is 0 Å². The summed E-state index contributed by atoms with van der Waals surface area (Å²) in [7, 11) is 3.25. The number of carbonyl (C=O) groups is 1. The quantitative estimate of drug-likeness (QED) is 0.650. The number of ether oxygens (including phenoxy) is 3. The van der Waals surface area contributed by atoms with E-state index in [0.29, 0.717) is 30.4 Å². The Balaban J connectivity index is 1.84. The van der Waals surface area contributed by atoms with Crippen molar-refractivity contribution in [3.05, 3.63) is 45.2 Å². The number of carboxylic acids is 1. The molecule has 0 radical (unpaired) electrons. The SMILES string of the molecule is COCCCOc1cc2c(cc1OC)-c1[nH]c(=O)c(C(=O)O)cc1C1(CCCCC1)C2. The monoisotopic (exact) mass is 427 g/mol. The number of hydrogen-bond acceptors (Lipinski definition) is 5. The van der Waals surface area contributed by atoms with Crippen molar-refractivity contribution in [2.45, 2.75) is 50.4 Å². The number of benzene rings is 1. The average Bonchev–Trinajstić information content (AvgIpc) is 2.76. The Morgan fingerprint density at radius 3 is 2.55 bits per heavy atom. The summed E-state index contributed by atoms with van der Waals surface area (Å²) in [6.45, 7) is 1.14. The summed E-state index contributed by atoms with van der Waals surface area (Å²) in [5.74, 6) is 0.0688. The molecule has 0 unspecified atom stereocenters. The van der Waals surface area contributed by atoms with Gasteiger partial charge in [0.15, 0.2) is 11.5 Å². The van der Waals surface area contributed by atoms with Crippen molar-refractivity contribution in [2.24, 2.45) is 0 Å². The van der Waals surface area contributed by atoms with Gasteiger partial charge in [-0.25, -0.2) is 4.79 Å². The fourth-order valence-corrected chi connectivity index (χ4v) is 5.09. The Kier molecular flexibility index (Phi) is 6.05. The molecule has 1 aromatic carbocycles. The molecule has 0 bridgehead atoms. The van der Waals surface area contributed by atoms with Crippen LogP contribution in [0.5, 0.6) is 11.5 Å². The van der Waals surface area contributed by atoms with Gasteiger partial charge >= 0.3 is 5.97 Å². The normalized spacial score (nSPS) is 16.5. The van der Waals surface area contributed by atoms with Crippen LogP contribution in [-0.2, 0) is 16.6 Å². The van der Waals surface area contributed by atoms with Gasteiger partial charge in [0.1, 0.15) is 5.56 Å². The van der Waals surface area contributed by atoms with E-state index in [1.807, 2.05) is 12.1 Å². The molecule has 1 fully saturated rings. The molecule has 2 aliphatic carbocycles. The molecule has 1 heterocycles. The molecule has 0 aliphatic heterocycles. The van der Waals surface area contributed by atoms with E-state index in [0.717, 1.165) is 55.2 Å². The van der Waals surface area contributed by atoms with Crippen molar-refractivity contribution in [3.63, 3.8) is 0 Å². The van der Waals surface area contributed by atoms with E-state index in [-0.39, 0.29) is 11.0 Å². The van der Waals surface area contributed by atoms with Gasteiger partial charge in [-0.15, -0.1) is 0 Å². The van der Waals surface area contributed by atoms with Crippen LogP contribution in [0.15, 0.2) is 23.0 Å². The van der Waals surface area contributed by atoms with Crippen molar-refractivity contribution in [1.29, 1.82) is 0 Å². The van der Waals surface area contributed by atoms with Gasteiger partial charge in [0.2, 0.25) is 0 Å². The Hall–Kier alpha value is -2.80. The smallest absolute Gasteiger partial charge is 0.341 e. The fraction of sp³-hybridized carbons (Fsp3) is 0.500. The fourth-order valence-electron chi connectivity index (χ4n) is 5.09. The minimum Gasteiger partial charge on any atom is -0.493 e. The number of fused-ring (bicyclic) bond motifs is 4. The lowest BCUT2D eigenvalue weighted by Gasteiger charge is -2.43. The highest BCUT2D eigenvalue weighted by Crippen LogP contribution is 2.51. The van der Waals surface area contributed by atoms with Crippen LogP contribution in [0.25, 0.3) is 11.3 Å². The maximum atomic E-state index is 12.5. The number of methoxy groups -OCH3 is 2. The van der Waals surface area contributed by atoms with E-state index >= 15 is 0 Å². The Bertz CT molecular complexity index is 1040. The highest BCUT2D eigenvalue weighted by molar-refractivity contribution is 5.89. The maximum Gasteiger partial charge on any atom is 0.341 e. The first-order chi connectivity index (χ1) is 15.0. The van der Waals surface area contributed by atoms with E-state index in [9.17, 15) is 14.7 Å². The van der Waals surface area contributed by atoms with E-state index in [4.69, 9.17) is 14.2 Å². The van der Waals surface area contributed by atoms with Crippen molar-refractivity contribution in [2.75, 3.05) is 27.4 Å². The molecule has 1 aromatic heterocycles. The van der Waals surface area contributed by atoms with Gasteiger partial charge in [-0.2, -0.15) is 0 Å². The van der Waals surface area contributed by atoms with E-state index in [2.05, 4.69) is 4.98 Å². The highest BCUT2D eigenvalue weighted by atomic mass is 16.5. The first kappa shape index (κ1) is 21.4. The summed E-state index contributed by atoms with van der Waals surface area (Å²) < 4.78 is 16.6. The standard InChI is InChI=1S/C24H29NO6/c1-29-9-6-10-31-20-11-15-14-24(7-4-3-5-8-24)18-12-17(23(27)28)22(26)25-21(18)16(15)13-19(20)30-2/h11-13H,3-10,14H2,1-2H3,(H,25,26)(H,27,28). The Labute approximate surface area is 181 Å². The number of nitrogens with one attached hydrogen (secondary N) is 1. The molecule has 0 amide bonds. The van der Waals surface area contributed by atoms with Crippen LogP contribution in [0, 0.1) is 0 Å². The van der Waals surface area contributed by atoms with Gasteiger partial charge in [0.05, 0.1) is 19.4 Å². The van der Waals surface area contributed by atoms with Crippen molar-refractivity contribution in [1.82, 2.24) is 4.98 Å². The largest absolute Gasteiger partial charge is 0.493 e. The molecule has 1 spiro atoms. The van der Waals surface area contributed by atoms with Crippen LogP contribution in [-0.4, -0.2) is 43.5 Å². The predicted octanol–water partition coefficient (Wildman–Crippen LogP) is 3.92. The molecule has 2 aliphatic rings. The van der Waals surface area contributed by atoms with Crippen LogP contribution in [0.1, 0.15) is 60.0 Å². The third kappa shape index (κ3) is 3.94. The number of H-pyrrole nitrogens is 1. The first-order valence-corrected chi connectivity index (χ1v) is 10.8. The summed E-state index contributed by atoms with van der Waals surface area (Å²) in [5.41, 5.74) is 2.67. The summed E-state index contributed by atoms with van der Waals surface area (Å²) in [6.07, 6.45) is 6.87. The minimum atomic E-state index is -1.20. The van der Waals surface area contributed by atoms with Crippen LogP contribution < -0.4 is 15.0 Å². The number of hydrogen-bond donors (Lipinski definition) is 2. The lowest BCUT2D eigenvalue weighted by molar-refractivity contribution is 0.0694. The zero-order valence-corrected chi connectivity index (χ0v) is 18.1.